The summed E-state index contributed by atoms with van der Waals surface area (Å²) in [6, 6.07) is 13.8. The van der Waals surface area contributed by atoms with Gasteiger partial charge in [-0.15, -0.1) is 0 Å². The second-order valence-corrected chi connectivity index (χ2v) is 5.08. The molecule has 6 heteroatoms. The van der Waals surface area contributed by atoms with Gasteiger partial charge in [0, 0.05) is 28.8 Å². The van der Waals surface area contributed by atoms with Gasteiger partial charge in [-0.3, -0.25) is 10.1 Å². The first-order chi connectivity index (χ1) is 9.58. The van der Waals surface area contributed by atoms with Gasteiger partial charge in [0.2, 0.25) is 0 Å². The molecule has 20 heavy (non-hydrogen) atoms. The Morgan fingerprint density at radius 2 is 1.95 bits per heavy atom. The second kappa shape index (κ2) is 6.49. The number of non-ortho nitro benzene ring substituents is 1. The Bertz CT molecular complexity index is 605. The van der Waals surface area contributed by atoms with Crippen LogP contribution >= 0.6 is 15.9 Å². The molecule has 0 fully saturated rings. The summed E-state index contributed by atoms with van der Waals surface area (Å²) < 4.78 is 0.590. The number of aliphatic hydroxyl groups is 1. The van der Waals surface area contributed by atoms with E-state index in [1.54, 1.807) is 6.07 Å². The fourth-order valence-corrected chi connectivity index (χ4v) is 2.27. The predicted molar refractivity (Wildman–Crippen MR) is 80.7 cm³/mol. The van der Waals surface area contributed by atoms with E-state index in [1.807, 2.05) is 30.3 Å². The van der Waals surface area contributed by atoms with Gasteiger partial charge in [0.05, 0.1) is 11.0 Å². The molecule has 2 rings (SSSR count). The van der Waals surface area contributed by atoms with Crippen molar-refractivity contribution in [2.24, 2.45) is 0 Å². The lowest BCUT2D eigenvalue weighted by molar-refractivity contribution is -0.384. The highest BCUT2D eigenvalue weighted by Gasteiger charge is 2.11. The number of hydrogen-bond donors (Lipinski definition) is 2. The van der Waals surface area contributed by atoms with E-state index in [0.717, 1.165) is 5.56 Å². The van der Waals surface area contributed by atoms with Crippen molar-refractivity contribution in [3.8, 4) is 0 Å². The standard InChI is InChI=1S/C14H13BrN2O3/c15-12-8-11(17(19)20)6-7-13(12)16-9-14(18)10-4-2-1-3-5-10/h1-8,14,16,18H,9H2. The van der Waals surface area contributed by atoms with Crippen LogP contribution in [0.1, 0.15) is 11.7 Å². The van der Waals surface area contributed by atoms with E-state index >= 15 is 0 Å². The summed E-state index contributed by atoms with van der Waals surface area (Å²) in [7, 11) is 0. The van der Waals surface area contributed by atoms with E-state index in [1.165, 1.54) is 12.1 Å². The molecule has 0 amide bonds. The third-order valence-electron chi connectivity index (χ3n) is 2.83. The molecule has 0 spiro atoms. The van der Waals surface area contributed by atoms with Crippen molar-refractivity contribution >= 4 is 27.3 Å². The molecule has 2 N–H and O–H groups in total. The van der Waals surface area contributed by atoms with Crippen molar-refractivity contribution in [2.75, 3.05) is 11.9 Å². The highest BCUT2D eigenvalue weighted by Crippen LogP contribution is 2.27. The van der Waals surface area contributed by atoms with Crippen LogP contribution in [-0.2, 0) is 0 Å². The van der Waals surface area contributed by atoms with Crippen molar-refractivity contribution < 1.29 is 10.0 Å². The molecule has 0 aliphatic rings. The second-order valence-electron chi connectivity index (χ2n) is 4.23. The third kappa shape index (κ3) is 3.55. The number of hydrogen-bond acceptors (Lipinski definition) is 4. The SMILES string of the molecule is O=[N+]([O-])c1ccc(NCC(O)c2ccccc2)c(Br)c1. The molecule has 2 aromatic rings. The summed E-state index contributed by atoms with van der Waals surface area (Å²) in [5.74, 6) is 0. The van der Waals surface area contributed by atoms with E-state index in [2.05, 4.69) is 21.2 Å². The van der Waals surface area contributed by atoms with Crippen LogP contribution in [0.3, 0.4) is 0 Å². The molecule has 0 aliphatic carbocycles. The summed E-state index contributed by atoms with van der Waals surface area (Å²) in [6.45, 7) is 0.320. The van der Waals surface area contributed by atoms with Gasteiger partial charge in [-0.25, -0.2) is 0 Å². The van der Waals surface area contributed by atoms with E-state index in [-0.39, 0.29) is 5.69 Å². The lowest BCUT2D eigenvalue weighted by atomic mass is 10.1. The molecule has 1 unspecified atom stereocenters. The number of benzene rings is 2. The zero-order chi connectivity index (χ0) is 14.5. The van der Waals surface area contributed by atoms with Crippen molar-refractivity contribution in [3.63, 3.8) is 0 Å². The quantitative estimate of drug-likeness (QED) is 0.647. The Morgan fingerprint density at radius 1 is 1.25 bits per heavy atom. The first-order valence-electron chi connectivity index (χ1n) is 5.99. The Balaban J connectivity index is 2.02. The number of nitrogens with one attached hydrogen (secondary N) is 1. The maximum absolute atomic E-state index is 10.6. The van der Waals surface area contributed by atoms with Gasteiger partial charge in [0.25, 0.3) is 5.69 Å². The topological polar surface area (TPSA) is 75.4 Å². The average Bonchev–Trinajstić information content (AvgIpc) is 2.46. The van der Waals surface area contributed by atoms with Gasteiger partial charge in [-0.2, -0.15) is 0 Å². The maximum Gasteiger partial charge on any atom is 0.270 e. The minimum atomic E-state index is -0.640. The zero-order valence-corrected chi connectivity index (χ0v) is 12.1. The largest absolute Gasteiger partial charge is 0.387 e. The third-order valence-corrected chi connectivity index (χ3v) is 3.49. The van der Waals surface area contributed by atoms with Crippen LogP contribution in [0.4, 0.5) is 11.4 Å². The summed E-state index contributed by atoms with van der Waals surface area (Å²) in [6.07, 6.45) is -0.640. The molecule has 5 nitrogen and oxygen atoms in total. The lowest BCUT2D eigenvalue weighted by Crippen LogP contribution is -2.12. The summed E-state index contributed by atoms with van der Waals surface area (Å²) in [4.78, 5) is 10.2. The van der Waals surface area contributed by atoms with Gasteiger partial charge in [0.1, 0.15) is 0 Å². The van der Waals surface area contributed by atoms with Crippen LogP contribution in [-0.4, -0.2) is 16.6 Å². The molecular formula is C14H13BrN2O3. The molecule has 104 valence electrons. The number of nitrogens with zero attached hydrogens (tertiary/aromatic N) is 1. The van der Waals surface area contributed by atoms with Crippen molar-refractivity contribution in [2.45, 2.75) is 6.10 Å². The summed E-state index contributed by atoms with van der Waals surface area (Å²) in [5.41, 5.74) is 1.54. The van der Waals surface area contributed by atoms with E-state index in [4.69, 9.17) is 0 Å². The van der Waals surface area contributed by atoms with Gasteiger partial charge < -0.3 is 10.4 Å². The average molecular weight is 337 g/mol. The molecular weight excluding hydrogens is 324 g/mol. The van der Waals surface area contributed by atoms with Crippen LogP contribution < -0.4 is 5.32 Å². The first-order valence-corrected chi connectivity index (χ1v) is 6.78. The monoisotopic (exact) mass is 336 g/mol. The highest BCUT2D eigenvalue weighted by atomic mass is 79.9. The fraction of sp³-hybridized carbons (Fsp3) is 0.143. The van der Waals surface area contributed by atoms with E-state index < -0.39 is 11.0 Å². The number of rotatable bonds is 5. The smallest absolute Gasteiger partial charge is 0.270 e. The number of nitro groups is 1. The molecule has 0 radical (unpaired) electrons. The van der Waals surface area contributed by atoms with Crippen LogP contribution in [0.25, 0.3) is 0 Å². The number of nitro benzene ring substituents is 1. The van der Waals surface area contributed by atoms with Crippen LogP contribution in [0.2, 0.25) is 0 Å². The highest BCUT2D eigenvalue weighted by molar-refractivity contribution is 9.10. The van der Waals surface area contributed by atoms with Gasteiger partial charge >= 0.3 is 0 Å². The number of anilines is 1. The molecule has 0 saturated heterocycles. The van der Waals surface area contributed by atoms with Crippen molar-refractivity contribution in [3.05, 3.63) is 68.7 Å². The van der Waals surface area contributed by atoms with Crippen LogP contribution in [0.15, 0.2) is 53.0 Å². The molecule has 2 aromatic carbocycles. The van der Waals surface area contributed by atoms with Gasteiger partial charge in [0.15, 0.2) is 0 Å². The lowest BCUT2D eigenvalue weighted by Gasteiger charge is -2.14. The van der Waals surface area contributed by atoms with Crippen molar-refractivity contribution in [1.82, 2.24) is 0 Å². The molecule has 0 aromatic heterocycles. The summed E-state index contributed by atoms with van der Waals surface area (Å²) >= 11 is 3.27. The maximum atomic E-state index is 10.6. The number of halogens is 1. The Kier molecular flexibility index (Phi) is 4.70. The Hall–Kier alpha value is -1.92. The van der Waals surface area contributed by atoms with Crippen molar-refractivity contribution in [1.29, 1.82) is 0 Å². The first kappa shape index (κ1) is 14.5. The molecule has 0 aliphatic heterocycles. The van der Waals surface area contributed by atoms with Gasteiger partial charge in [-0.05, 0) is 27.6 Å². The molecule has 0 heterocycles. The normalized spacial score (nSPS) is 11.9. The van der Waals surface area contributed by atoms with E-state index in [0.29, 0.717) is 16.7 Å². The molecule has 1 atom stereocenters. The van der Waals surface area contributed by atoms with Crippen LogP contribution in [0, 0.1) is 10.1 Å². The Labute approximate surface area is 124 Å². The Morgan fingerprint density at radius 3 is 2.55 bits per heavy atom. The van der Waals surface area contributed by atoms with E-state index in [9.17, 15) is 15.2 Å². The fourth-order valence-electron chi connectivity index (χ4n) is 1.76. The molecule has 0 saturated carbocycles. The minimum absolute atomic E-state index is 0.0195. The number of aliphatic hydroxyl groups excluding tert-OH is 1. The van der Waals surface area contributed by atoms with Crippen LogP contribution in [0.5, 0.6) is 0 Å². The predicted octanol–water partition coefficient (Wildman–Crippen LogP) is 3.50. The summed E-state index contributed by atoms with van der Waals surface area (Å²) in [5, 5.41) is 23.7. The van der Waals surface area contributed by atoms with Gasteiger partial charge in [-0.1, -0.05) is 30.3 Å². The molecule has 0 bridgehead atoms. The minimum Gasteiger partial charge on any atom is -0.387 e. The zero-order valence-electron chi connectivity index (χ0n) is 10.5.